The van der Waals surface area contributed by atoms with Gasteiger partial charge in [-0.2, -0.15) is 13.2 Å². The molecule has 0 radical (unpaired) electrons. The van der Waals surface area contributed by atoms with Gasteiger partial charge in [0, 0.05) is 6.20 Å². The maximum absolute atomic E-state index is 12.5. The average molecular weight is 280 g/mol. The standard InChI is InChI=1S/C15H15F3N2/c1-19-14(13-4-2-3-9-20-13)10-11-5-7-12(8-6-11)15(16,17)18/h2-9,14,19H,10H2,1H3. The Morgan fingerprint density at radius 2 is 1.80 bits per heavy atom. The number of rotatable bonds is 4. The number of alkyl halides is 3. The van der Waals surface area contributed by atoms with E-state index in [2.05, 4.69) is 10.3 Å². The Hall–Kier alpha value is -1.88. The van der Waals surface area contributed by atoms with Crippen LogP contribution in [-0.2, 0) is 12.6 Å². The first-order valence-corrected chi connectivity index (χ1v) is 6.25. The van der Waals surface area contributed by atoms with Crippen molar-refractivity contribution in [1.29, 1.82) is 0 Å². The zero-order valence-electron chi connectivity index (χ0n) is 11.0. The van der Waals surface area contributed by atoms with Crippen LogP contribution in [0, 0.1) is 0 Å². The molecule has 0 amide bonds. The topological polar surface area (TPSA) is 24.9 Å². The van der Waals surface area contributed by atoms with Gasteiger partial charge in [0.15, 0.2) is 0 Å². The summed E-state index contributed by atoms with van der Waals surface area (Å²) in [5, 5.41) is 3.13. The molecule has 2 rings (SSSR count). The second-order valence-corrected chi connectivity index (χ2v) is 4.49. The average Bonchev–Trinajstić information content (AvgIpc) is 2.45. The lowest BCUT2D eigenvalue weighted by Gasteiger charge is -2.16. The molecular weight excluding hydrogens is 265 g/mol. The molecule has 2 aromatic rings. The first-order valence-electron chi connectivity index (χ1n) is 6.25. The van der Waals surface area contributed by atoms with E-state index in [1.54, 1.807) is 6.20 Å². The van der Waals surface area contributed by atoms with Crippen LogP contribution in [0.5, 0.6) is 0 Å². The lowest BCUT2D eigenvalue weighted by atomic mass is 10.0. The summed E-state index contributed by atoms with van der Waals surface area (Å²) in [7, 11) is 1.81. The summed E-state index contributed by atoms with van der Waals surface area (Å²) in [4.78, 5) is 4.26. The normalized spacial score (nSPS) is 13.2. The van der Waals surface area contributed by atoms with Crippen LogP contribution in [0.15, 0.2) is 48.7 Å². The molecule has 5 heteroatoms. The van der Waals surface area contributed by atoms with Crippen LogP contribution in [0.25, 0.3) is 0 Å². The second-order valence-electron chi connectivity index (χ2n) is 4.49. The molecule has 0 bridgehead atoms. The highest BCUT2D eigenvalue weighted by molar-refractivity contribution is 5.26. The molecule has 1 unspecified atom stereocenters. The summed E-state index contributed by atoms with van der Waals surface area (Å²) in [6.45, 7) is 0. The third-order valence-corrected chi connectivity index (χ3v) is 3.11. The predicted octanol–water partition coefficient (Wildman–Crippen LogP) is 3.60. The minimum absolute atomic E-state index is 0.0204. The smallest absolute Gasteiger partial charge is 0.311 e. The summed E-state index contributed by atoms with van der Waals surface area (Å²) in [6.07, 6.45) is -2.00. The van der Waals surface area contributed by atoms with Crippen molar-refractivity contribution in [3.05, 3.63) is 65.5 Å². The van der Waals surface area contributed by atoms with Crippen molar-refractivity contribution in [3.63, 3.8) is 0 Å². The van der Waals surface area contributed by atoms with Crippen LogP contribution >= 0.6 is 0 Å². The maximum atomic E-state index is 12.5. The fourth-order valence-electron chi connectivity index (χ4n) is 2.00. The number of benzene rings is 1. The molecule has 1 aromatic heterocycles. The van der Waals surface area contributed by atoms with Gasteiger partial charge in [0.25, 0.3) is 0 Å². The van der Waals surface area contributed by atoms with E-state index < -0.39 is 11.7 Å². The van der Waals surface area contributed by atoms with Gasteiger partial charge >= 0.3 is 6.18 Å². The van der Waals surface area contributed by atoms with E-state index in [-0.39, 0.29) is 6.04 Å². The fraction of sp³-hybridized carbons (Fsp3) is 0.267. The Kier molecular flexibility index (Phi) is 4.39. The summed E-state index contributed by atoms with van der Waals surface area (Å²) >= 11 is 0. The van der Waals surface area contributed by atoms with E-state index >= 15 is 0 Å². The molecule has 106 valence electrons. The van der Waals surface area contributed by atoms with E-state index in [9.17, 15) is 13.2 Å². The second kappa shape index (κ2) is 6.05. The summed E-state index contributed by atoms with van der Waals surface area (Å²) in [6, 6.07) is 10.8. The highest BCUT2D eigenvalue weighted by Crippen LogP contribution is 2.29. The van der Waals surface area contributed by atoms with Crippen molar-refractivity contribution in [2.75, 3.05) is 7.05 Å². The van der Waals surface area contributed by atoms with Crippen LogP contribution in [0.3, 0.4) is 0 Å². The maximum Gasteiger partial charge on any atom is 0.416 e. The molecule has 1 N–H and O–H groups in total. The van der Waals surface area contributed by atoms with Gasteiger partial charge in [-0.05, 0) is 43.3 Å². The van der Waals surface area contributed by atoms with E-state index in [1.807, 2.05) is 25.2 Å². The monoisotopic (exact) mass is 280 g/mol. The highest BCUT2D eigenvalue weighted by atomic mass is 19.4. The Morgan fingerprint density at radius 3 is 2.30 bits per heavy atom. The van der Waals surface area contributed by atoms with Crippen LogP contribution in [0.1, 0.15) is 22.9 Å². The van der Waals surface area contributed by atoms with Crippen molar-refractivity contribution in [3.8, 4) is 0 Å². The van der Waals surface area contributed by atoms with E-state index in [0.29, 0.717) is 6.42 Å². The fourth-order valence-corrected chi connectivity index (χ4v) is 2.00. The van der Waals surface area contributed by atoms with Gasteiger partial charge in [-0.1, -0.05) is 18.2 Å². The van der Waals surface area contributed by atoms with Gasteiger partial charge in [-0.25, -0.2) is 0 Å². The van der Waals surface area contributed by atoms with Crippen molar-refractivity contribution < 1.29 is 13.2 Å². The number of pyridine rings is 1. The van der Waals surface area contributed by atoms with E-state index in [1.165, 1.54) is 12.1 Å². The third-order valence-electron chi connectivity index (χ3n) is 3.11. The molecule has 0 saturated heterocycles. The number of hydrogen-bond acceptors (Lipinski definition) is 2. The van der Waals surface area contributed by atoms with Gasteiger partial charge in [-0.3, -0.25) is 4.98 Å². The van der Waals surface area contributed by atoms with Crippen LogP contribution in [-0.4, -0.2) is 12.0 Å². The molecule has 2 nitrogen and oxygen atoms in total. The first kappa shape index (κ1) is 14.5. The first-order chi connectivity index (χ1) is 9.50. The molecule has 1 aromatic carbocycles. The Balaban J connectivity index is 2.13. The minimum Gasteiger partial charge on any atom is -0.311 e. The minimum atomic E-state index is -4.29. The van der Waals surface area contributed by atoms with Gasteiger partial charge in [0.1, 0.15) is 0 Å². The summed E-state index contributed by atoms with van der Waals surface area (Å²) < 4.78 is 37.5. The molecule has 0 aliphatic carbocycles. The van der Waals surface area contributed by atoms with Crippen molar-refractivity contribution in [1.82, 2.24) is 10.3 Å². The van der Waals surface area contributed by atoms with Crippen LogP contribution < -0.4 is 5.32 Å². The predicted molar refractivity (Wildman–Crippen MR) is 71.2 cm³/mol. The Morgan fingerprint density at radius 1 is 1.10 bits per heavy atom. The Bertz CT molecular complexity index is 535. The van der Waals surface area contributed by atoms with Gasteiger partial charge < -0.3 is 5.32 Å². The lowest BCUT2D eigenvalue weighted by molar-refractivity contribution is -0.137. The van der Waals surface area contributed by atoms with E-state index in [0.717, 1.165) is 23.4 Å². The number of halogens is 3. The number of hydrogen-bond donors (Lipinski definition) is 1. The largest absolute Gasteiger partial charge is 0.416 e. The van der Waals surface area contributed by atoms with E-state index in [4.69, 9.17) is 0 Å². The van der Waals surface area contributed by atoms with Gasteiger partial charge in [0.05, 0.1) is 17.3 Å². The van der Waals surface area contributed by atoms with Gasteiger partial charge in [-0.15, -0.1) is 0 Å². The SMILES string of the molecule is CNC(Cc1ccc(C(F)(F)F)cc1)c1ccccn1. The molecule has 0 aliphatic rings. The number of likely N-dealkylation sites (N-methyl/N-ethyl adjacent to an activating group) is 1. The summed E-state index contributed by atoms with van der Waals surface area (Å²) in [5.74, 6) is 0. The molecule has 1 atom stereocenters. The summed E-state index contributed by atoms with van der Waals surface area (Å²) in [5.41, 5.74) is 1.08. The van der Waals surface area contributed by atoms with Crippen LogP contribution in [0.4, 0.5) is 13.2 Å². The molecule has 1 heterocycles. The van der Waals surface area contributed by atoms with Gasteiger partial charge in [0.2, 0.25) is 0 Å². The third kappa shape index (κ3) is 3.57. The lowest BCUT2D eigenvalue weighted by Crippen LogP contribution is -2.20. The van der Waals surface area contributed by atoms with Crippen molar-refractivity contribution in [2.45, 2.75) is 18.6 Å². The Labute approximate surface area is 115 Å². The molecule has 0 aliphatic heterocycles. The number of nitrogens with zero attached hydrogens (tertiary/aromatic N) is 1. The molecule has 0 spiro atoms. The molecular formula is C15H15F3N2. The molecule has 20 heavy (non-hydrogen) atoms. The zero-order chi connectivity index (χ0) is 14.6. The number of nitrogens with one attached hydrogen (secondary N) is 1. The molecule has 0 saturated carbocycles. The van der Waals surface area contributed by atoms with Crippen molar-refractivity contribution in [2.24, 2.45) is 0 Å². The zero-order valence-corrected chi connectivity index (χ0v) is 11.0. The quantitative estimate of drug-likeness (QED) is 0.925. The van der Waals surface area contributed by atoms with Crippen LogP contribution in [0.2, 0.25) is 0 Å². The van der Waals surface area contributed by atoms with Crippen molar-refractivity contribution >= 4 is 0 Å². The highest BCUT2D eigenvalue weighted by Gasteiger charge is 2.30. The number of aromatic nitrogens is 1. The molecule has 0 fully saturated rings.